The lowest BCUT2D eigenvalue weighted by Crippen LogP contribution is -2.43. The molecule has 1 N–H and O–H groups in total. The van der Waals surface area contributed by atoms with E-state index < -0.39 is 28.3 Å². The smallest absolute Gasteiger partial charge is 0.338 e. The molecule has 0 spiro atoms. The maximum Gasteiger partial charge on any atom is 0.338 e. The monoisotopic (exact) mass is 421 g/mol. The average Bonchev–Trinajstić information content (AvgIpc) is 3.21. The highest BCUT2D eigenvalue weighted by Gasteiger charge is 2.34. The minimum Gasteiger partial charge on any atom is -0.452 e. The van der Waals surface area contributed by atoms with Crippen LogP contribution in [-0.4, -0.2) is 65.4 Å². The third-order valence-electron chi connectivity index (χ3n) is 4.96. The fraction of sp³-hybridized carbons (Fsp3) is 0.421. The normalized spacial score (nSPS) is 17.8. The summed E-state index contributed by atoms with van der Waals surface area (Å²) in [6.45, 7) is 3.42. The second-order valence-corrected chi connectivity index (χ2v) is 9.16. The number of rotatable bonds is 6. The minimum atomic E-state index is -3.12. The Morgan fingerprint density at radius 2 is 1.97 bits per heavy atom. The predicted octanol–water partition coefficient (Wildman–Crippen LogP) is 0.666. The third kappa shape index (κ3) is 4.58. The van der Waals surface area contributed by atoms with E-state index >= 15 is 0 Å². The zero-order valence-corrected chi connectivity index (χ0v) is 17.1. The number of aryl methyl sites for hydroxylation is 1. The summed E-state index contributed by atoms with van der Waals surface area (Å²) in [5.74, 6) is -1.08. The van der Waals surface area contributed by atoms with Gasteiger partial charge in [-0.3, -0.25) is 9.36 Å². The Labute approximate surface area is 168 Å². The average molecular weight is 421 g/mol. The molecule has 0 radical (unpaired) electrons. The van der Waals surface area contributed by atoms with Gasteiger partial charge in [0.15, 0.2) is 16.4 Å². The van der Waals surface area contributed by atoms with Crippen molar-refractivity contribution in [3.8, 4) is 5.69 Å². The number of esters is 1. The molecule has 1 unspecified atom stereocenters. The van der Waals surface area contributed by atoms with Crippen molar-refractivity contribution in [2.75, 3.05) is 24.7 Å². The molecule has 29 heavy (non-hydrogen) atoms. The van der Waals surface area contributed by atoms with E-state index in [1.807, 2.05) is 0 Å². The van der Waals surface area contributed by atoms with E-state index in [2.05, 4.69) is 4.98 Å². The number of H-pyrrole nitrogens is 1. The lowest BCUT2D eigenvalue weighted by Gasteiger charge is -2.26. The van der Waals surface area contributed by atoms with Crippen LogP contribution in [0.5, 0.6) is 0 Å². The highest BCUT2D eigenvalue weighted by molar-refractivity contribution is 7.91. The molecule has 2 heterocycles. The van der Waals surface area contributed by atoms with Gasteiger partial charge >= 0.3 is 11.7 Å². The first-order chi connectivity index (χ1) is 13.7. The van der Waals surface area contributed by atoms with E-state index in [1.54, 1.807) is 32.2 Å². The zero-order valence-electron chi connectivity index (χ0n) is 16.3. The van der Waals surface area contributed by atoms with Gasteiger partial charge in [-0.15, -0.1) is 0 Å². The van der Waals surface area contributed by atoms with Gasteiger partial charge in [0.05, 0.1) is 22.8 Å². The minimum absolute atomic E-state index is 0.0556. The Hall–Kier alpha value is -2.88. The number of hydrogen-bond acceptors (Lipinski definition) is 6. The van der Waals surface area contributed by atoms with Gasteiger partial charge in [0.1, 0.15) is 0 Å². The van der Waals surface area contributed by atoms with Crippen LogP contribution in [0.15, 0.2) is 35.3 Å². The van der Waals surface area contributed by atoms with Crippen molar-refractivity contribution < 1.29 is 22.7 Å². The summed E-state index contributed by atoms with van der Waals surface area (Å²) >= 11 is 0. The summed E-state index contributed by atoms with van der Waals surface area (Å²) in [7, 11) is -3.12. The molecule has 1 saturated heterocycles. The van der Waals surface area contributed by atoms with Gasteiger partial charge in [-0.05, 0) is 44.5 Å². The highest BCUT2D eigenvalue weighted by Crippen LogP contribution is 2.18. The fourth-order valence-electron chi connectivity index (χ4n) is 3.48. The van der Waals surface area contributed by atoms with Crippen molar-refractivity contribution in [3.05, 3.63) is 52.2 Å². The maximum absolute atomic E-state index is 12.4. The molecular weight excluding hydrogens is 398 g/mol. The van der Waals surface area contributed by atoms with Crippen molar-refractivity contribution >= 4 is 21.7 Å². The van der Waals surface area contributed by atoms with Crippen LogP contribution in [-0.2, 0) is 19.4 Å². The number of hydrogen-bond donors (Lipinski definition) is 1. The summed E-state index contributed by atoms with van der Waals surface area (Å²) in [5, 5.41) is 0. The standard InChI is InChI=1S/C19H23N3O6S/c1-3-21(16-8-9-29(26,27)12-16)17(23)11-28-18(24)14-4-6-15(7-5-14)22-13(2)10-20-19(22)25/h4-7,10,16H,3,8-9,11-12H2,1-2H3,(H,20,25). The number of aromatic amines is 1. The first-order valence-electron chi connectivity index (χ1n) is 9.26. The van der Waals surface area contributed by atoms with Gasteiger partial charge in [0, 0.05) is 24.5 Å². The molecule has 0 aliphatic carbocycles. The van der Waals surface area contributed by atoms with Crippen LogP contribution < -0.4 is 5.69 Å². The van der Waals surface area contributed by atoms with E-state index in [0.717, 1.165) is 5.69 Å². The predicted molar refractivity (Wildman–Crippen MR) is 106 cm³/mol. The van der Waals surface area contributed by atoms with Gasteiger partial charge in [0.2, 0.25) is 0 Å². The second kappa shape index (κ2) is 8.24. The van der Waals surface area contributed by atoms with E-state index in [4.69, 9.17) is 4.74 Å². The molecule has 1 atom stereocenters. The summed E-state index contributed by atoms with van der Waals surface area (Å²) < 4.78 is 29.9. The molecule has 10 heteroatoms. The number of ether oxygens (including phenoxy) is 1. The van der Waals surface area contributed by atoms with E-state index in [1.165, 1.54) is 21.6 Å². The molecule has 1 fully saturated rings. The first kappa shape index (κ1) is 20.8. The molecule has 1 aliphatic rings. The number of amides is 1. The Bertz CT molecular complexity index is 1070. The molecule has 0 bridgehead atoms. The molecule has 1 aromatic carbocycles. The maximum atomic E-state index is 12.4. The largest absolute Gasteiger partial charge is 0.452 e. The topological polar surface area (TPSA) is 119 Å². The number of nitrogens with zero attached hydrogens (tertiary/aromatic N) is 2. The van der Waals surface area contributed by atoms with Gasteiger partial charge in [-0.25, -0.2) is 18.0 Å². The van der Waals surface area contributed by atoms with Crippen molar-refractivity contribution in [3.63, 3.8) is 0 Å². The Kier molecular flexibility index (Phi) is 5.92. The zero-order chi connectivity index (χ0) is 21.2. The third-order valence-corrected chi connectivity index (χ3v) is 6.71. The van der Waals surface area contributed by atoms with Gasteiger partial charge in [0.25, 0.3) is 5.91 Å². The molecular formula is C19H23N3O6S. The Morgan fingerprint density at radius 1 is 1.28 bits per heavy atom. The second-order valence-electron chi connectivity index (χ2n) is 6.93. The number of imidazole rings is 1. The lowest BCUT2D eigenvalue weighted by atomic mass is 10.2. The molecule has 3 rings (SSSR count). The van der Waals surface area contributed by atoms with Crippen LogP contribution in [0.1, 0.15) is 29.4 Å². The van der Waals surface area contributed by atoms with E-state index in [0.29, 0.717) is 18.7 Å². The summed E-state index contributed by atoms with van der Waals surface area (Å²) in [6, 6.07) is 5.88. The lowest BCUT2D eigenvalue weighted by molar-refractivity contribution is -0.136. The summed E-state index contributed by atoms with van der Waals surface area (Å²) in [5.41, 5.74) is 1.29. The Morgan fingerprint density at radius 3 is 2.48 bits per heavy atom. The fourth-order valence-corrected chi connectivity index (χ4v) is 5.21. The van der Waals surface area contributed by atoms with Crippen LogP contribution in [0.2, 0.25) is 0 Å². The molecule has 1 aromatic heterocycles. The number of benzene rings is 1. The number of nitrogens with one attached hydrogen (secondary N) is 1. The number of carbonyl (C=O) groups excluding carboxylic acids is 2. The van der Waals surface area contributed by atoms with Crippen molar-refractivity contribution in [2.45, 2.75) is 26.3 Å². The van der Waals surface area contributed by atoms with Crippen LogP contribution in [0, 0.1) is 6.92 Å². The van der Waals surface area contributed by atoms with Crippen LogP contribution in [0.3, 0.4) is 0 Å². The van der Waals surface area contributed by atoms with Gasteiger partial charge in [-0.1, -0.05) is 0 Å². The number of sulfone groups is 1. The number of aromatic nitrogens is 2. The molecule has 2 aromatic rings. The summed E-state index contributed by atoms with van der Waals surface area (Å²) in [6.07, 6.45) is 1.99. The number of carbonyl (C=O) groups is 2. The van der Waals surface area contributed by atoms with Gasteiger partial charge < -0.3 is 14.6 Å². The highest BCUT2D eigenvalue weighted by atomic mass is 32.2. The van der Waals surface area contributed by atoms with E-state index in [9.17, 15) is 22.8 Å². The van der Waals surface area contributed by atoms with Gasteiger partial charge in [-0.2, -0.15) is 0 Å². The molecule has 156 valence electrons. The molecule has 9 nitrogen and oxygen atoms in total. The molecule has 1 aliphatic heterocycles. The SMILES string of the molecule is CCN(C(=O)COC(=O)c1ccc(-n2c(C)c[nH]c2=O)cc1)C1CCS(=O)(=O)C1. The van der Waals surface area contributed by atoms with Crippen molar-refractivity contribution in [1.29, 1.82) is 0 Å². The molecule has 0 saturated carbocycles. The summed E-state index contributed by atoms with van der Waals surface area (Å²) in [4.78, 5) is 40.5. The van der Waals surface area contributed by atoms with Crippen LogP contribution >= 0.6 is 0 Å². The molecule has 1 amide bonds. The van der Waals surface area contributed by atoms with Crippen molar-refractivity contribution in [1.82, 2.24) is 14.5 Å². The van der Waals surface area contributed by atoms with E-state index in [-0.39, 0.29) is 28.8 Å². The quantitative estimate of drug-likeness (QED) is 0.685. The van der Waals surface area contributed by atoms with Crippen molar-refractivity contribution in [2.24, 2.45) is 0 Å². The van der Waals surface area contributed by atoms with Crippen LogP contribution in [0.25, 0.3) is 5.69 Å². The first-order valence-corrected chi connectivity index (χ1v) is 11.1. The number of likely N-dealkylation sites (N-methyl/N-ethyl adjacent to an activating group) is 1. The Balaban J connectivity index is 1.61. The van der Waals surface area contributed by atoms with Crippen LogP contribution in [0.4, 0.5) is 0 Å².